The minimum atomic E-state index is 0.577. The van der Waals surface area contributed by atoms with Gasteiger partial charge < -0.3 is 14.2 Å². The Morgan fingerprint density at radius 3 is 1.64 bits per heavy atom. The first kappa shape index (κ1) is 22.3. The molecule has 0 aliphatic carbocycles. The van der Waals surface area contributed by atoms with E-state index in [0.717, 1.165) is 30.9 Å². The molecule has 0 aromatic heterocycles. The molecule has 0 saturated heterocycles. The molecule has 1 unspecified atom stereocenters. The van der Waals surface area contributed by atoms with Gasteiger partial charge in [-0.05, 0) is 73.4 Å². The number of methoxy groups -OCH3 is 1. The van der Waals surface area contributed by atoms with Crippen molar-refractivity contribution >= 4 is 0 Å². The Morgan fingerprint density at radius 1 is 0.750 bits per heavy atom. The van der Waals surface area contributed by atoms with Crippen molar-refractivity contribution in [3.8, 4) is 11.5 Å². The Kier molecular flexibility index (Phi) is 8.37. The maximum absolute atomic E-state index is 6.10. The molecule has 3 heteroatoms. The van der Waals surface area contributed by atoms with Crippen LogP contribution in [-0.4, -0.2) is 26.9 Å². The molecule has 1 atom stereocenters. The number of benzene rings is 2. The summed E-state index contributed by atoms with van der Waals surface area (Å²) < 4.78 is 17.1. The molecule has 0 N–H and O–H groups in total. The van der Waals surface area contributed by atoms with E-state index < -0.39 is 0 Å². The Bertz CT molecular complexity index is 733. The summed E-state index contributed by atoms with van der Waals surface area (Å²) in [7, 11) is 1.69. The van der Waals surface area contributed by atoms with Crippen LogP contribution in [0.25, 0.3) is 0 Å². The van der Waals surface area contributed by atoms with Gasteiger partial charge in [-0.1, -0.05) is 44.5 Å². The Hall–Kier alpha value is -2.00. The summed E-state index contributed by atoms with van der Waals surface area (Å²) in [5.41, 5.74) is 7.40. The van der Waals surface area contributed by atoms with Crippen molar-refractivity contribution in [1.29, 1.82) is 0 Å². The topological polar surface area (TPSA) is 27.7 Å². The van der Waals surface area contributed by atoms with Gasteiger partial charge in [0.05, 0.1) is 13.2 Å². The van der Waals surface area contributed by atoms with Gasteiger partial charge in [0.1, 0.15) is 18.1 Å². The lowest BCUT2D eigenvalue weighted by atomic mass is 9.97. The van der Waals surface area contributed by atoms with Crippen LogP contribution in [-0.2, 0) is 11.2 Å². The van der Waals surface area contributed by atoms with Crippen LogP contribution in [0.5, 0.6) is 11.5 Å². The van der Waals surface area contributed by atoms with Crippen LogP contribution in [0.2, 0.25) is 0 Å². The molecule has 0 aliphatic rings. The van der Waals surface area contributed by atoms with E-state index in [-0.39, 0.29) is 0 Å². The Labute approximate surface area is 171 Å². The lowest BCUT2D eigenvalue weighted by molar-refractivity contribution is 0.145. The van der Waals surface area contributed by atoms with Gasteiger partial charge in [0, 0.05) is 7.11 Å². The molecular weight excluding hydrogens is 348 g/mol. The highest BCUT2D eigenvalue weighted by atomic mass is 16.5. The highest BCUT2D eigenvalue weighted by molar-refractivity contribution is 5.47. The monoisotopic (exact) mass is 384 g/mol. The number of aryl methyl sites for hydroxylation is 4. The van der Waals surface area contributed by atoms with Gasteiger partial charge in [-0.2, -0.15) is 0 Å². The van der Waals surface area contributed by atoms with Crippen molar-refractivity contribution in [2.75, 3.05) is 26.9 Å². The van der Waals surface area contributed by atoms with Crippen LogP contribution in [0.1, 0.15) is 53.6 Å². The zero-order valence-corrected chi connectivity index (χ0v) is 18.6. The van der Waals surface area contributed by atoms with Gasteiger partial charge in [-0.15, -0.1) is 0 Å². The van der Waals surface area contributed by atoms with E-state index in [1.54, 1.807) is 7.11 Å². The zero-order valence-electron chi connectivity index (χ0n) is 18.6. The summed E-state index contributed by atoms with van der Waals surface area (Å²) in [5.74, 6) is 2.59. The van der Waals surface area contributed by atoms with Gasteiger partial charge in [0.2, 0.25) is 0 Å². The van der Waals surface area contributed by atoms with Crippen LogP contribution in [0.4, 0.5) is 0 Å². The molecule has 0 saturated carbocycles. The van der Waals surface area contributed by atoms with Gasteiger partial charge in [0.15, 0.2) is 0 Å². The first-order valence-electron chi connectivity index (χ1n) is 10.3. The molecule has 0 aliphatic heterocycles. The third-order valence-electron chi connectivity index (χ3n) is 5.19. The second-order valence-electron chi connectivity index (χ2n) is 7.96. The summed E-state index contributed by atoms with van der Waals surface area (Å²) in [6.45, 7) is 14.9. The fourth-order valence-electron chi connectivity index (χ4n) is 3.55. The second kappa shape index (κ2) is 10.5. The van der Waals surface area contributed by atoms with Crippen molar-refractivity contribution in [2.45, 2.75) is 54.4 Å². The van der Waals surface area contributed by atoms with E-state index in [9.17, 15) is 0 Å². The number of ether oxygens (including phenoxy) is 3. The third-order valence-corrected chi connectivity index (χ3v) is 5.19. The first-order chi connectivity index (χ1) is 13.3. The Balaban J connectivity index is 2.15. The SMILES string of the molecule is CCC(C)COc1c(C)cc(Cc2cc(C)c(OCCOC)c(C)c2)cc1C. The third kappa shape index (κ3) is 6.00. The molecule has 28 heavy (non-hydrogen) atoms. The summed E-state index contributed by atoms with van der Waals surface area (Å²) in [6, 6.07) is 8.97. The summed E-state index contributed by atoms with van der Waals surface area (Å²) in [5, 5.41) is 0. The van der Waals surface area contributed by atoms with E-state index in [1.807, 2.05) is 0 Å². The lowest BCUT2D eigenvalue weighted by Gasteiger charge is -2.17. The number of hydrogen-bond acceptors (Lipinski definition) is 3. The molecule has 2 rings (SSSR count). The average Bonchev–Trinajstić information content (AvgIpc) is 2.63. The molecule has 0 heterocycles. The molecular formula is C25H36O3. The zero-order chi connectivity index (χ0) is 20.7. The van der Waals surface area contributed by atoms with E-state index in [0.29, 0.717) is 19.1 Å². The molecule has 0 radical (unpaired) electrons. The predicted molar refractivity (Wildman–Crippen MR) is 117 cm³/mol. The van der Waals surface area contributed by atoms with Gasteiger partial charge in [-0.25, -0.2) is 0 Å². The van der Waals surface area contributed by atoms with Gasteiger partial charge in [-0.3, -0.25) is 0 Å². The van der Waals surface area contributed by atoms with Gasteiger partial charge in [0.25, 0.3) is 0 Å². The van der Waals surface area contributed by atoms with Crippen LogP contribution in [0.3, 0.4) is 0 Å². The number of hydrogen-bond donors (Lipinski definition) is 0. The standard InChI is InChI=1S/C25H36O3/c1-8-17(2)16-28-25-20(5)13-23(14-21(25)6)15-22-11-18(3)24(19(4)12-22)27-10-9-26-7/h11-14,17H,8-10,15-16H2,1-7H3. The number of rotatable bonds is 10. The summed E-state index contributed by atoms with van der Waals surface area (Å²) in [6.07, 6.45) is 2.05. The highest BCUT2D eigenvalue weighted by Gasteiger charge is 2.11. The maximum atomic E-state index is 6.10. The lowest BCUT2D eigenvalue weighted by Crippen LogP contribution is -2.09. The maximum Gasteiger partial charge on any atom is 0.125 e. The van der Waals surface area contributed by atoms with Gasteiger partial charge >= 0.3 is 0 Å². The molecule has 2 aromatic carbocycles. The molecule has 3 nitrogen and oxygen atoms in total. The highest BCUT2D eigenvalue weighted by Crippen LogP contribution is 2.29. The van der Waals surface area contributed by atoms with E-state index in [4.69, 9.17) is 14.2 Å². The quantitative estimate of drug-likeness (QED) is 0.473. The van der Waals surface area contributed by atoms with Crippen molar-refractivity contribution in [2.24, 2.45) is 5.92 Å². The van der Waals surface area contributed by atoms with Crippen molar-refractivity contribution in [3.63, 3.8) is 0 Å². The second-order valence-corrected chi connectivity index (χ2v) is 7.96. The fraction of sp³-hybridized carbons (Fsp3) is 0.520. The van der Waals surface area contributed by atoms with E-state index in [2.05, 4.69) is 65.8 Å². The van der Waals surface area contributed by atoms with Crippen LogP contribution in [0.15, 0.2) is 24.3 Å². The van der Waals surface area contributed by atoms with Crippen LogP contribution < -0.4 is 9.47 Å². The smallest absolute Gasteiger partial charge is 0.125 e. The van der Waals surface area contributed by atoms with Crippen LogP contribution in [0, 0.1) is 33.6 Å². The summed E-state index contributed by atoms with van der Waals surface area (Å²) >= 11 is 0. The fourth-order valence-corrected chi connectivity index (χ4v) is 3.55. The molecule has 0 spiro atoms. The molecule has 0 fully saturated rings. The minimum absolute atomic E-state index is 0.577. The molecule has 0 bridgehead atoms. The van der Waals surface area contributed by atoms with E-state index >= 15 is 0 Å². The van der Waals surface area contributed by atoms with Crippen molar-refractivity contribution in [3.05, 3.63) is 57.6 Å². The normalized spacial score (nSPS) is 12.1. The first-order valence-corrected chi connectivity index (χ1v) is 10.3. The largest absolute Gasteiger partial charge is 0.493 e. The molecule has 0 amide bonds. The predicted octanol–water partition coefficient (Wildman–Crippen LogP) is 5.96. The van der Waals surface area contributed by atoms with Crippen LogP contribution >= 0.6 is 0 Å². The van der Waals surface area contributed by atoms with Crippen molar-refractivity contribution < 1.29 is 14.2 Å². The van der Waals surface area contributed by atoms with E-state index in [1.165, 1.54) is 33.4 Å². The average molecular weight is 385 g/mol. The molecule has 2 aromatic rings. The minimum Gasteiger partial charge on any atom is -0.493 e. The molecule has 154 valence electrons. The van der Waals surface area contributed by atoms with Crippen molar-refractivity contribution in [1.82, 2.24) is 0 Å². The summed E-state index contributed by atoms with van der Waals surface area (Å²) in [4.78, 5) is 0. The Morgan fingerprint density at radius 2 is 1.21 bits per heavy atom.